The van der Waals surface area contributed by atoms with Crippen molar-refractivity contribution in [2.24, 2.45) is 0 Å². The van der Waals surface area contributed by atoms with Crippen molar-refractivity contribution in [3.8, 4) is 0 Å². The average Bonchev–Trinajstić information content (AvgIpc) is 3.11. The fourth-order valence-electron chi connectivity index (χ4n) is 3.14. The van der Waals surface area contributed by atoms with Crippen molar-refractivity contribution in [1.82, 2.24) is 20.2 Å². The number of nitrogens with one attached hydrogen (secondary N) is 1. The fraction of sp³-hybridized carbons (Fsp3) is 0.714. The molecule has 2 aliphatic rings. The molecule has 0 aromatic carbocycles. The largest absolute Gasteiger partial charge is 0.354 e. The number of hydrogen-bond donors (Lipinski definition) is 1. The van der Waals surface area contributed by atoms with Crippen LogP contribution in [0.15, 0.2) is 12.4 Å². The number of anilines is 1. The van der Waals surface area contributed by atoms with Gasteiger partial charge in [-0.2, -0.15) is 0 Å². The molecule has 5 heteroatoms. The number of hydrogen-bond acceptors (Lipinski definition) is 5. The van der Waals surface area contributed by atoms with E-state index in [1.165, 1.54) is 32.4 Å². The summed E-state index contributed by atoms with van der Waals surface area (Å²) in [5.41, 5.74) is 1.00. The van der Waals surface area contributed by atoms with E-state index in [4.69, 9.17) is 0 Å². The van der Waals surface area contributed by atoms with Crippen molar-refractivity contribution in [3.63, 3.8) is 0 Å². The van der Waals surface area contributed by atoms with Gasteiger partial charge in [0, 0.05) is 25.7 Å². The molecule has 0 saturated carbocycles. The molecule has 2 fully saturated rings. The van der Waals surface area contributed by atoms with E-state index in [0.717, 1.165) is 37.2 Å². The van der Waals surface area contributed by atoms with Crippen LogP contribution in [0.1, 0.15) is 25.0 Å². The molecular weight excluding hydrogens is 238 g/mol. The van der Waals surface area contributed by atoms with Crippen LogP contribution in [0.4, 0.5) is 5.82 Å². The average molecular weight is 261 g/mol. The van der Waals surface area contributed by atoms with E-state index in [-0.39, 0.29) is 0 Å². The smallest absolute Gasteiger partial charge is 0.147 e. The maximum Gasteiger partial charge on any atom is 0.147 e. The van der Waals surface area contributed by atoms with Crippen LogP contribution in [0.25, 0.3) is 0 Å². The van der Waals surface area contributed by atoms with E-state index in [1.807, 2.05) is 19.4 Å². The van der Waals surface area contributed by atoms with Gasteiger partial charge in [0.1, 0.15) is 5.82 Å². The first-order chi connectivity index (χ1) is 9.36. The maximum atomic E-state index is 4.55. The van der Waals surface area contributed by atoms with E-state index >= 15 is 0 Å². The third-order valence-corrected chi connectivity index (χ3v) is 4.19. The monoisotopic (exact) mass is 261 g/mol. The Balaban J connectivity index is 1.60. The van der Waals surface area contributed by atoms with Crippen LogP contribution in [-0.2, 0) is 6.54 Å². The highest BCUT2D eigenvalue weighted by atomic mass is 15.3. The van der Waals surface area contributed by atoms with Crippen molar-refractivity contribution in [1.29, 1.82) is 0 Å². The van der Waals surface area contributed by atoms with E-state index < -0.39 is 0 Å². The third kappa shape index (κ3) is 2.87. The third-order valence-electron chi connectivity index (χ3n) is 4.19. The second-order valence-corrected chi connectivity index (χ2v) is 5.53. The zero-order valence-electron chi connectivity index (χ0n) is 11.7. The van der Waals surface area contributed by atoms with E-state index in [0.29, 0.717) is 0 Å². The molecule has 1 aromatic heterocycles. The van der Waals surface area contributed by atoms with Crippen LogP contribution in [0.3, 0.4) is 0 Å². The number of likely N-dealkylation sites (tertiary alicyclic amines) is 1. The maximum absolute atomic E-state index is 4.55. The van der Waals surface area contributed by atoms with E-state index in [2.05, 4.69) is 25.1 Å². The number of nitrogens with zero attached hydrogens (tertiary/aromatic N) is 4. The molecule has 0 aliphatic carbocycles. The molecule has 3 rings (SSSR count). The van der Waals surface area contributed by atoms with Crippen LogP contribution in [0.2, 0.25) is 0 Å². The minimum Gasteiger partial charge on any atom is -0.354 e. The van der Waals surface area contributed by atoms with Crippen LogP contribution < -0.4 is 10.2 Å². The Hall–Kier alpha value is -1.20. The van der Waals surface area contributed by atoms with Crippen LogP contribution in [0, 0.1) is 0 Å². The fourth-order valence-corrected chi connectivity index (χ4v) is 3.14. The van der Waals surface area contributed by atoms with Crippen molar-refractivity contribution in [2.75, 3.05) is 38.1 Å². The van der Waals surface area contributed by atoms with Gasteiger partial charge in [-0.05, 0) is 39.4 Å². The van der Waals surface area contributed by atoms with Crippen molar-refractivity contribution < 1.29 is 0 Å². The highest BCUT2D eigenvalue weighted by Gasteiger charge is 2.29. The molecule has 1 aromatic rings. The van der Waals surface area contributed by atoms with Crippen LogP contribution in [0.5, 0.6) is 0 Å². The molecule has 0 amide bonds. The predicted octanol–water partition coefficient (Wildman–Crippen LogP) is 0.870. The number of aromatic nitrogens is 2. The van der Waals surface area contributed by atoms with Crippen LogP contribution in [-0.4, -0.2) is 54.1 Å². The summed E-state index contributed by atoms with van der Waals surface area (Å²) in [6.07, 6.45) is 7.80. The Bertz CT molecular complexity index is 399. The number of rotatable bonds is 4. The standard InChI is InChI=1S/C14H23N5/c1-15-8-12-9-17-14(10-16-12)19-7-4-13(11-19)18-5-2-3-6-18/h9-10,13,15H,2-8,11H2,1H3. The zero-order chi connectivity index (χ0) is 13.1. The summed E-state index contributed by atoms with van der Waals surface area (Å²) in [5.74, 6) is 1.03. The van der Waals surface area contributed by atoms with Gasteiger partial charge in [-0.25, -0.2) is 4.98 Å². The van der Waals surface area contributed by atoms with Crippen LogP contribution >= 0.6 is 0 Å². The Morgan fingerprint density at radius 3 is 2.74 bits per heavy atom. The van der Waals surface area contributed by atoms with Gasteiger partial charge in [-0.15, -0.1) is 0 Å². The Labute approximate surface area is 115 Å². The van der Waals surface area contributed by atoms with Gasteiger partial charge in [0.2, 0.25) is 0 Å². The molecule has 104 valence electrons. The first kappa shape index (κ1) is 12.8. The summed E-state index contributed by atoms with van der Waals surface area (Å²) in [7, 11) is 1.93. The van der Waals surface area contributed by atoms with E-state index in [9.17, 15) is 0 Å². The summed E-state index contributed by atoms with van der Waals surface area (Å²) in [5, 5.41) is 3.09. The molecule has 2 aliphatic heterocycles. The summed E-state index contributed by atoms with van der Waals surface area (Å²) in [6, 6.07) is 0.723. The minimum atomic E-state index is 0.723. The molecule has 1 atom stereocenters. The quantitative estimate of drug-likeness (QED) is 0.871. The first-order valence-corrected chi connectivity index (χ1v) is 7.31. The Morgan fingerprint density at radius 2 is 2.05 bits per heavy atom. The lowest BCUT2D eigenvalue weighted by Crippen LogP contribution is -2.35. The molecule has 0 bridgehead atoms. The highest BCUT2D eigenvalue weighted by molar-refractivity contribution is 5.37. The molecule has 5 nitrogen and oxygen atoms in total. The van der Waals surface area contributed by atoms with Crippen molar-refractivity contribution in [2.45, 2.75) is 31.8 Å². The van der Waals surface area contributed by atoms with Gasteiger partial charge >= 0.3 is 0 Å². The SMILES string of the molecule is CNCc1cnc(N2CCC(N3CCCC3)C2)cn1. The molecule has 0 spiro atoms. The van der Waals surface area contributed by atoms with Gasteiger partial charge in [0.15, 0.2) is 0 Å². The zero-order valence-corrected chi connectivity index (χ0v) is 11.7. The second-order valence-electron chi connectivity index (χ2n) is 5.53. The van der Waals surface area contributed by atoms with Crippen molar-refractivity contribution >= 4 is 5.82 Å². The summed E-state index contributed by atoms with van der Waals surface area (Å²) in [4.78, 5) is 14.0. The first-order valence-electron chi connectivity index (χ1n) is 7.31. The summed E-state index contributed by atoms with van der Waals surface area (Å²) in [6.45, 7) is 5.57. The topological polar surface area (TPSA) is 44.3 Å². The molecule has 1 N–H and O–H groups in total. The lowest BCUT2D eigenvalue weighted by atomic mass is 10.2. The summed E-state index contributed by atoms with van der Waals surface area (Å²) >= 11 is 0. The summed E-state index contributed by atoms with van der Waals surface area (Å²) < 4.78 is 0. The predicted molar refractivity (Wildman–Crippen MR) is 76.2 cm³/mol. The molecule has 3 heterocycles. The van der Waals surface area contributed by atoms with Gasteiger partial charge < -0.3 is 10.2 Å². The Morgan fingerprint density at radius 1 is 1.21 bits per heavy atom. The van der Waals surface area contributed by atoms with Gasteiger partial charge in [0.05, 0.1) is 18.1 Å². The molecule has 0 radical (unpaired) electrons. The van der Waals surface area contributed by atoms with Gasteiger partial charge in [-0.3, -0.25) is 9.88 Å². The van der Waals surface area contributed by atoms with Crippen molar-refractivity contribution in [3.05, 3.63) is 18.1 Å². The normalized spacial score (nSPS) is 24.3. The van der Waals surface area contributed by atoms with Gasteiger partial charge in [0.25, 0.3) is 0 Å². The molecule has 19 heavy (non-hydrogen) atoms. The highest BCUT2D eigenvalue weighted by Crippen LogP contribution is 2.23. The molecular formula is C14H23N5. The van der Waals surface area contributed by atoms with E-state index in [1.54, 1.807) is 0 Å². The lowest BCUT2D eigenvalue weighted by molar-refractivity contribution is 0.260. The Kier molecular flexibility index (Phi) is 3.94. The van der Waals surface area contributed by atoms with Gasteiger partial charge in [-0.1, -0.05) is 0 Å². The second kappa shape index (κ2) is 5.84. The molecule has 1 unspecified atom stereocenters. The molecule has 2 saturated heterocycles. The minimum absolute atomic E-state index is 0.723. The lowest BCUT2D eigenvalue weighted by Gasteiger charge is -2.23.